The van der Waals surface area contributed by atoms with Crippen LogP contribution in [0.1, 0.15) is 11.1 Å². The lowest BCUT2D eigenvalue weighted by atomic mass is 10.0. The summed E-state index contributed by atoms with van der Waals surface area (Å²) in [7, 11) is 1.67. The van der Waals surface area contributed by atoms with Crippen LogP contribution in [0, 0.1) is 0 Å². The van der Waals surface area contributed by atoms with Gasteiger partial charge in [-0.3, -0.25) is 4.68 Å². The number of aliphatic hydroxyl groups excluding tert-OH is 1. The molecule has 0 fully saturated rings. The molecule has 1 heterocycles. The Morgan fingerprint density at radius 3 is 2.57 bits per heavy atom. The first-order chi connectivity index (χ1) is 10.3. The molecule has 0 radical (unpaired) electrons. The molecule has 0 unspecified atom stereocenters. The predicted molar refractivity (Wildman–Crippen MR) is 82.6 cm³/mol. The van der Waals surface area contributed by atoms with Crippen molar-refractivity contribution in [3.63, 3.8) is 0 Å². The topological polar surface area (TPSA) is 47.3 Å². The highest BCUT2D eigenvalue weighted by Gasteiger charge is 2.04. The number of hydrogen-bond acceptors (Lipinski definition) is 3. The molecule has 3 aromatic rings. The Hall–Kier alpha value is -2.33. The van der Waals surface area contributed by atoms with Crippen molar-refractivity contribution >= 4 is 10.9 Å². The molecule has 0 aliphatic rings. The Labute approximate surface area is 123 Å². The number of ether oxygens (including phenoxy) is 1. The van der Waals surface area contributed by atoms with Gasteiger partial charge in [-0.25, -0.2) is 0 Å². The van der Waals surface area contributed by atoms with E-state index in [1.807, 2.05) is 23.0 Å². The summed E-state index contributed by atoms with van der Waals surface area (Å²) >= 11 is 0. The average molecular weight is 282 g/mol. The van der Waals surface area contributed by atoms with Crippen molar-refractivity contribution in [1.82, 2.24) is 9.78 Å². The number of aliphatic hydroxyl groups is 1. The molecule has 0 saturated heterocycles. The summed E-state index contributed by atoms with van der Waals surface area (Å²) in [6.07, 6.45) is 2.73. The zero-order valence-electron chi connectivity index (χ0n) is 12.0. The van der Waals surface area contributed by atoms with E-state index in [2.05, 4.69) is 35.4 Å². The van der Waals surface area contributed by atoms with Crippen LogP contribution in [0.4, 0.5) is 0 Å². The molecule has 4 nitrogen and oxygen atoms in total. The number of benzene rings is 2. The molecule has 0 amide bonds. The summed E-state index contributed by atoms with van der Waals surface area (Å²) in [5.74, 6) is 0.875. The van der Waals surface area contributed by atoms with Crippen molar-refractivity contribution in [3.05, 3.63) is 59.8 Å². The van der Waals surface area contributed by atoms with Crippen molar-refractivity contribution in [3.8, 4) is 5.75 Å². The van der Waals surface area contributed by atoms with Gasteiger partial charge < -0.3 is 9.84 Å². The van der Waals surface area contributed by atoms with Gasteiger partial charge in [0.25, 0.3) is 0 Å². The molecule has 3 rings (SSSR count). The van der Waals surface area contributed by atoms with Crippen LogP contribution in [0.15, 0.2) is 48.7 Å². The maximum absolute atomic E-state index is 9.02. The molecule has 1 aromatic heterocycles. The summed E-state index contributed by atoms with van der Waals surface area (Å²) in [5, 5.41) is 14.4. The van der Waals surface area contributed by atoms with E-state index in [0.717, 1.165) is 23.1 Å². The first-order valence-corrected chi connectivity index (χ1v) is 6.98. The summed E-state index contributed by atoms with van der Waals surface area (Å²) in [6.45, 7) is 0.631. The highest BCUT2D eigenvalue weighted by Crippen LogP contribution is 2.19. The van der Waals surface area contributed by atoms with Gasteiger partial charge in [0.2, 0.25) is 0 Å². The van der Waals surface area contributed by atoms with E-state index in [9.17, 15) is 0 Å². The monoisotopic (exact) mass is 282 g/mol. The average Bonchev–Trinajstić information content (AvgIpc) is 2.91. The van der Waals surface area contributed by atoms with Gasteiger partial charge >= 0.3 is 0 Å². The highest BCUT2D eigenvalue weighted by molar-refractivity contribution is 5.79. The van der Waals surface area contributed by atoms with Gasteiger partial charge in [-0.1, -0.05) is 18.2 Å². The van der Waals surface area contributed by atoms with Crippen LogP contribution < -0.4 is 4.74 Å². The van der Waals surface area contributed by atoms with Crippen molar-refractivity contribution in [2.45, 2.75) is 13.0 Å². The molecule has 2 aromatic carbocycles. The Bertz CT molecular complexity index is 732. The third-order valence-electron chi connectivity index (χ3n) is 3.59. The molecule has 0 spiro atoms. The molecule has 0 atom stereocenters. The van der Waals surface area contributed by atoms with Crippen LogP contribution in [0.2, 0.25) is 0 Å². The number of fused-ring (bicyclic) bond motifs is 1. The standard InChI is InChI=1S/C17H18N2O2/c1-21-16-5-2-13(3-6-16)10-14-4-7-17-15(11-14)12-18-19(17)8-9-20/h2-7,11-12,20H,8-10H2,1H3. The van der Waals surface area contributed by atoms with E-state index in [0.29, 0.717) is 6.54 Å². The maximum atomic E-state index is 9.02. The highest BCUT2D eigenvalue weighted by atomic mass is 16.5. The minimum absolute atomic E-state index is 0.102. The van der Waals surface area contributed by atoms with Crippen LogP contribution >= 0.6 is 0 Å². The Morgan fingerprint density at radius 1 is 1.10 bits per heavy atom. The number of hydrogen-bond donors (Lipinski definition) is 1. The van der Waals surface area contributed by atoms with E-state index in [4.69, 9.17) is 9.84 Å². The van der Waals surface area contributed by atoms with Gasteiger partial charge in [-0.05, 0) is 41.8 Å². The van der Waals surface area contributed by atoms with Gasteiger partial charge in [-0.2, -0.15) is 5.10 Å². The quantitative estimate of drug-likeness (QED) is 0.782. The second-order valence-electron chi connectivity index (χ2n) is 5.01. The number of aromatic nitrogens is 2. The van der Waals surface area contributed by atoms with Gasteiger partial charge in [0.1, 0.15) is 5.75 Å². The number of nitrogens with zero attached hydrogens (tertiary/aromatic N) is 2. The van der Waals surface area contributed by atoms with Crippen molar-refractivity contribution in [1.29, 1.82) is 0 Å². The molecular formula is C17H18N2O2. The summed E-state index contributed by atoms with van der Waals surface area (Å²) < 4.78 is 7.00. The molecule has 0 aliphatic heterocycles. The SMILES string of the molecule is COc1ccc(Cc2ccc3c(cnn3CCO)c2)cc1. The third-order valence-corrected chi connectivity index (χ3v) is 3.59. The van der Waals surface area contributed by atoms with Gasteiger partial charge in [0, 0.05) is 5.39 Å². The molecule has 4 heteroatoms. The van der Waals surface area contributed by atoms with Gasteiger partial charge in [0.15, 0.2) is 0 Å². The van der Waals surface area contributed by atoms with Crippen molar-refractivity contribution in [2.75, 3.05) is 13.7 Å². The second-order valence-corrected chi connectivity index (χ2v) is 5.01. The predicted octanol–water partition coefficient (Wildman–Crippen LogP) is 2.63. The zero-order chi connectivity index (χ0) is 14.7. The molecule has 108 valence electrons. The largest absolute Gasteiger partial charge is 0.497 e. The molecule has 0 saturated carbocycles. The van der Waals surface area contributed by atoms with Crippen LogP contribution in [0.5, 0.6) is 5.75 Å². The normalized spacial score (nSPS) is 11.0. The Balaban J connectivity index is 1.83. The lowest BCUT2D eigenvalue weighted by molar-refractivity contribution is 0.271. The minimum atomic E-state index is 0.102. The van der Waals surface area contributed by atoms with Crippen LogP contribution in [0.25, 0.3) is 10.9 Å². The van der Waals surface area contributed by atoms with E-state index in [1.54, 1.807) is 7.11 Å². The van der Waals surface area contributed by atoms with Crippen LogP contribution in [-0.2, 0) is 13.0 Å². The van der Waals surface area contributed by atoms with Crippen molar-refractivity contribution < 1.29 is 9.84 Å². The Morgan fingerprint density at radius 2 is 1.86 bits per heavy atom. The smallest absolute Gasteiger partial charge is 0.118 e. The summed E-state index contributed by atoms with van der Waals surface area (Å²) in [4.78, 5) is 0. The molecule has 0 aliphatic carbocycles. The van der Waals surface area contributed by atoms with Gasteiger partial charge in [0.05, 0.1) is 32.0 Å². The molecule has 1 N–H and O–H groups in total. The van der Waals surface area contributed by atoms with E-state index in [1.165, 1.54) is 11.1 Å². The minimum Gasteiger partial charge on any atom is -0.497 e. The fourth-order valence-electron chi connectivity index (χ4n) is 2.50. The lowest BCUT2D eigenvalue weighted by Gasteiger charge is -2.05. The first kappa shape index (κ1) is 13.6. The fraction of sp³-hybridized carbons (Fsp3) is 0.235. The van der Waals surface area contributed by atoms with Crippen molar-refractivity contribution in [2.24, 2.45) is 0 Å². The lowest BCUT2D eigenvalue weighted by Crippen LogP contribution is -2.03. The Kier molecular flexibility index (Phi) is 3.88. The van der Waals surface area contributed by atoms with Crippen LogP contribution in [0.3, 0.4) is 0 Å². The molecule has 21 heavy (non-hydrogen) atoms. The third kappa shape index (κ3) is 2.90. The zero-order valence-corrected chi connectivity index (χ0v) is 12.0. The van der Waals surface area contributed by atoms with E-state index >= 15 is 0 Å². The van der Waals surface area contributed by atoms with Gasteiger partial charge in [-0.15, -0.1) is 0 Å². The maximum Gasteiger partial charge on any atom is 0.118 e. The molecule has 0 bridgehead atoms. The fourth-order valence-corrected chi connectivity index (χ4v) is 2.50. The first-order valence-electron chi connectivity index (χ1n) is 6.98. The summed E-state index contributed by atoms with van der Waals surface area (Å²) in [5.41, 5.74) is 3.55. The van der Waals surface area contributed by atoms with E-state index in [-0.39, 0.29) is 6.61 Å². The second kappa shape index (κ2) is 5.97. The molecular weight excluding hydrogens is 264 g/mol. The number of rotatable bonds is 5. The number of methoxy groups -OCH3 is 1. The van der Waals surface area contributed by atoms with Crippen LogP contribution in [-0.4, -0.2) is 28.6 Å². The summed E-state index contributed by atoms with van der Waals surface area (Å²) in [6, 6.07) is 14.5. The van der Waals surface area contributed by atoms with E-state index < -0.39 is 0 Å².